The molecule has 0 bridgehead atoms. The molecule has 1 N–H and O–H groups in total. The number of unbranched alkanes of at least 4 members (excludes halogenated alkanes) is 2. The number of hydrogen-bond donors (Lipinski definition) is 1. The molecular weight excluding hydrogens is 1050 g/mol. The Bertz CT molecular complexity index is 2990. The maximum absolute atomic E-state index is 13.3. The van der Waals surface area contributed by atoms with Gasteiger partial charge in [-0.05, 0) is 159 Å². The maximum atomic E-state index is 13.3. The van der Waals surface area contributed by atoms with Crippen LogP contribution in [0.2, 0.25) is 0 Å². The van der Waals surface area contributed by atoms with Crippen molar-refractivity contribution in [1.29, 1.82) is 0 Å². The number of halogens is 1. The van der Waals surface area contributed by atoms with Crippen LogP contribution in [0.1, 0.15) is 114 Å². The van der Waals surface area contributed by atoms with E-state index in [2.05, 4.69) is 90.3 Å². The lowest BCUT2D eigenvalue weighted by atomic mass is 9.87. The summed E-state index contributed by atoms with van der Waals surface area (Å²) in [5.41, 5.74) is 6.67. The number of imide groups is 1. The minimum absolute atomic E-state index is 0.00935. The van der Waals surface area contributed by atoms with E-state index in [1.165, 1.54) is 67.7 Å². The van der Waals surface area contributed by atoms with Crippen molar-refractivity contribution in [3.05, 3.63) is 107 Å². The fraction of sp³-hybridized carbons (Fsp3) is 0.500. The molecule has 6 aliphatic rings. The Labute approximate surface area is 480 Å². The smallest absolute Gasteiger partial charge is 0.236 e. The minimum Gasteiger partial charge on any atom is -0.494 e. The molecule has 0 radical (unpaired) electrons. The van der Waals surface area contributed by atoms with Crippen LogP contribution in [0.15, 0.2) is 95.7 Å². The third kappa shape index (κ3) is 15.1. The van der Waals surface area contributed by atoms with Gasteiger partial charge in [-0.3, -0.25) is 29.0 Å². The molecule has 2 saturated heterocycles. The van der Waals surface area contributed by atoms with Gasteiger partial charge in [-0.25, -0.2) is 4.90 Å². The number of anilines is 4. The largest absolute Gasteiger partial charge is 0.494 e. The Morgan fingerprint density at radius 3 is 1.61 bits per heavy atom. The zero-order chi connectivity index (χ0) is 54.3. The van der Waals surface area contributed by atoms with Gasteiger partial charge in [-0.15, -0.1) is 22.7 Å². The predicted molar refractivity (Wildman–Crippen MR) is 325 cm³/mol. The van der Waals surface area contributed by atoms with Crippen LogP contribution in [0.4, 0.5) is 22.7 Å². The monoisotopic (exact) mass is 1130 g/mol. The second-order valence-electron chi connectivity index (χ2n) is 22.2. The molecule has 15 heteroatoms. The molecule has 12 nitrogen and oxygen atoms in total. The molecular formula is C64H79ClN6O6S2. The molecule has 6 aromatic rings. The highest BCUT2D eigenvalue weighted by molar-refractivity contribution is 7.17. The van der Waals surface area contributed by atoms with Crippen LogP contribution >= 0.6 is 34.3 Å². The molecule has 12 rings (SSSR count). The van der Waals surface area contributed by atoms with Crippen molar-refractivity contribution in [3.8, 4) is 11.5 Å². The second-order valence-corrected chi connectivity index (χ2v) is 24.5. The molecule has 2 aliphatic carbocycles. The van der Waals surface area contributed by atoms with Crippen LogP contribution in [-0.4, -0.2) is 111 Å². The maximum Gasteiger partial charge on any atom is 0.236 e. The number of fused-ring (bicyclic) bond motifs is 4. The topological polar surface area (TPSA) is 115 Å². The van der Waals surface area contributed by atoms with E-state index in [1.54, 1.807) is 0 Å². The van der Waals surface area contributed by atoms with Gasteiger partial charge in [0.2, 0.25) is 23.0 Å². The van der Waals surface area contributed by atoms with Gasteiger partial charge in [-0.2, -0.15) is 0 Å². The highest BCUT2D eigenvalue weighted by Crippen LogP contribution is 2.37. The van der Waals surface area contributed by atoms with Crippen LogP contribution < -0.4 is 29.5 Å². The molecule has 4 aromatic carbocycles. The zero-order valence-corrected chi connectivity index (χ0v) is 48.4. The summed E-state index contributed by atoms with van der Waals surface area (Å²) < 4.78 is 14.8. The third-order valence-electron chi connectivity index (χ3n) is 16.9. The number of thiophene rings is 2. The Balaban J connectivity index is 0.000000157. The summed E-state index contributed by atoms with van der Waals surface area (Å²) in [5, 5.41) is 9.95. The molecule has 420 valence electrons. The van der Waals surface area contributed by atoms with Crippen molar-refractivity contribution in [2.24, 2.45) is 11.8 Å². The molecule has 2 aromatic heterocycles. The van der Waals surface area contributed by atoms with Crippen LogP contribution in [0.5, 0.6) is 11.5 Å². The zero-order valence-electron chi connectivity index (χ0n) is 46.0. The van der Waals surface area contributed by atoms with Crippen LogP contribution in [0.25, 0.3) is 20.2 Å². The standard InChI is InChI=1S/C32H39N3O3S.C25H29N3O2S.C7H11ClO/c36-31-14-12-24-11-13-26(23-29(24)35(31)32(37)25-7-2-1-3-8-25)38-21-5-4-16-33-17-19-34(20-18-33)28-9-6-10-30-27(28)15-22-39-30;29-25-9-7-19-6-8-20(18-22(19)26-25)30-16-2-1-11-27-12-14-28(15-13-27)23-4-3-5-24-21(23)10-17-31-24;8-7(9)6-4-2-1-3-5-6/h6,9-11,13,15,22-23,25H,1-5,7-8,12,14,16-21H2;3-6,8,10,17-18H,1-2,7,9,11-16H2,(H,26,29);6H,1-5H2. The van der Waals surface area contributed by atoms with E-state index in [1.807, 2.05) is 53.0 Å². The van der Waals surface area contributed by atoms with Gasteiger partial charge in [0.25, 0.3) is 0 Å². The van der Waals surface area contributed by atoms with E-state index in [4.69, 9.17) is 21.1 Å². The number of amides is 3. The first-order chi connectivity index (χ1) is 38.7. The summed E-state index contributed by atoms with van der Waals surface area (Å²) in [4.78, 5) is 59.9. The number of carbonyl (C=O) groups excluding carboxylic acids is 4. The Hall–Kier alpha value is -5.51. The first-order valence-electron chi connectivity index (χ1n) is 29.5. The molecule has 6 heterocycles. The molecule has 0 atom stereocenters. The second kappa shape index (κ2) is 28.3. The van der Waals surface area contributed by atoms with E-state index < -0.39 is 0 Å². The first kappa shape index (κ1) is 56.8. The summed E-state index contributed by atoms with van der Waals surface area (Å²) in [7, 11) is 0. The van der Waals surface area contributed by atoms with Gasteiger partial charge in [0.15, 0.2) is 0 Å². The first-order valence-corrected chi connectivity index (χ1v) is 31.6. The predicted octanol–water partition coefficient (Wildman–Crippen LogP) is 13.4. The van der Waals surface area contributed by atoms with E-state index in [0.717, 1.165) is 165 Å². The average Bonchev–Trinajstić information content (AvgIpc) is 4.24. The van der Waals surface area contributed by atoms with Crippen LogP contribution in [-0.2, 0) is 32.0 Å². The Morgan fingerprint density at radius 2 is 1.06 bits per heavy atom. The number of nitrogens with zero attached hydrogens (tertiary/aromatic N) is 5. The molecule has 4 fully saturated rings. The molecule has 0 spiro atoms. The lowest BCUT2D eigenvalue weighted by molar-refractivity contribution is -0.129. The van der Waals surface area contributed by atoms with Crippen LogP contribution in [0, 0.1) is 11.8 Å². The summed E-state index contributed by atoms with van der Waals surface area (Å²) in [6.45, 7) is 12.3. The van der Waals surface area contributed by atoms with E-state index in [-0.39, 0.29) is 34.8 Å². The summed E-state index contributed by atoms with van der Waals surface area (Å²) in [6, 6.07) is 29.8. The summed E-state index contributed by atoms with van der Waals surface area (Å²) in [6.07, 6.45) is 17.6. The Morgan fingerprint density at radius 1 is 0.544 bits per heavy atom. The van der Waals surface area contributed by atoms with Crippen molar-refractivity contribution in [2.75, 3.05) is 98.7 Å². The quantitative estimate of drug-likeness (QED) is 0.0571. The van der Waals surface area contributed by atoms with Gasteiger partial charge in [0.1, 0.15) is 11.5 Å². The number of piperazine rings is 2. The number of benzene rings is 4. The van der Waals surface area contributed by atoms with Crippen molar-refractivity contribution in [2.45, 2.75) is 116 Å². The number of rotatable bonds is 16. The molecule has 3 amide bonds. The highest BCUT2D eigenvalue weighted by atomic mass is 35.5. The Kier molecular flexibility index (Phi) is 20.3. The molecule has 79 heavy (non-hydrogen) atoms. The van der Waals surface area contributed by atoms with Crippen molar-refractivity contribution < 1.29 is 28.7 Å². The number of ether oxygens (including phenoxy) is 2. The van der Waals surface area contributed by atoms with Gasteiger partial charge in [0.05, 0.1) is 18.9 Å². The van der Waals surface area contributed by atoms with Crippen molar-refractivity contribution in [3.63, 3.8) is 0 Å². The SMILES string of the molecule is O=C(Cl)C1CCCCC1.O=C1CCc2ccc(OCCCCN3CCN(c4cccc5sccc45)CC3)cc2N1.O=C1CCc2ccc(OCCCCN3CCN(c4cccc5sccc45)CC3)cc2N1C(=O)C1CCCCC1. The fourth-order valence-electron chi connectivity index (χ4n) is 12.3. The minimum atomic E-state index is -0.130. The molecule has 2 saturated carbocycles. The van der Waals surface area contributed by atoms with E-state index >= 15 is 0 Å². The van der Waals surface area contributed by atoms with E-state index in [9.17, 15) is 19.2 Å². The molecule has 0 unspecified atom stereocenters. The number of carbonyl (C=O) groups is 4. The summed E-state index contributed by atoms with van der Waals surface area (Å²) in [5.74, 6) is 1.77. The average molecular weight is 1130 g/mol. The number of hydrogen-bond acceptors (Lipinski definition) is 12. The van der Waals surface area contributed by atoms with Gasteiger partial charge in [-0.1, -0.05) is 62.8 Å². The van der Waals surface area contributed by atoms with Crippen molar-refractivity contribution in [1.82, 2.24) is 9.80 Å². The van der Waals surface area contributed by atoms with Gasteiger partial charge < -0.3 is 24.6 Å². The fourth-order valence-corrected chi connectivity index (χ4v) is 14.1. The van der Waals surface area contributed by atoms with Crippen molar-refractivity contribution >= 4 is 100 Å². The van der Waals surface area contributed by atoms with Gasteiger partial charge >= 0.3 is 0 Å². The number of aryl methyl sites for hydroxylation is 2. The van der Waals surface area contributed by atoms with Crippen LogP contribution in [0.3, 0.4) is 0 Å². The highest BCUT2D eigenvalue weighted by Gasteiger charge is 2.35. The van der Waals surface area contributed by atoms with E-state index in [0.29, 0.717) is 32.5 Å². The lowest BCUT2D eigenvalue weighted by Crippen LogP contribution is -2.46. The third-order valence-corrected chi connectivity index (χ3v) is 19.0. The normalized spacial score (nSPS) is 18.5. The lowest BCUT2D eigenvalue weighted by Gasteiger charge is -2.36. The number of nitrogens with one attached hydrogen (secondary N) is 1. The molecule has 4 aliphatic heterocycles. The summed E-state index contributed by atoms with van der Waals surface area (Å²) >= 11 is 8.95. The van der Waals surface area contributed by atoms with Gasteiger partial charge in [0, 0.05) is 126 Å².